The van der Waals surface area contributed by atoms with Gasteiger partial charge in [-0.3, -0.25) is 0 Å². The molecule has 0 bridgehead atoms. The lowest BCUT2D eigenvalue weighted by Crippen LogP contribution is -1.97. The van der Waals surface area contributed by atoms with E-state index in [1.54, 1.807) is 4.57 Å². The van der Waals surface area contributed by atoms with Gasteiger partial charge in [0.25, 0.3) is 0 Å². The van der Waals surface area contributed by atoms with Gasteiger partial charge in [-0.05, 0) is 118 Å². The SMILES string of the molecule is [2H]c1c([2H])c([2H])c2c(c1[2H])c1c([2H])c(-c3ccc4c(c3)c3c(-c5ccccc5)cccc3n4-c3ccccc3-c3ccccc3)c([2H])c([2H])c1n2-c1ccc2c(c1)c1ccccc1n2-c1cccc(-c2ccccc2)c1. The first-order chi connectivity index (χ1) is 37.2. The van der Waals surface area contributed by atoms with E-state index in [1.807, 2.05) is 109 Å². The van der Waals surface area contributed by atoms with Crippen LogP contribution in [0.4, 0.5) is 0 Å². The van der Waals surface area contributed by atoms with Gasteiger partial charge in [0.05, 0.1) is 48.4 Å². The molecule has 0 aliphatic rings. The molecule has 3 aromatic heterocycles. The van der Waals surface area contributed by atoms with Gasteiger partial charge in [-0.1, -0.05) is 182 Å². The van der Waals surface area contributed by atoms with Crippen LogP contribution in [-0.2, 0) is 0 Å². The van der Waals surface area contributed by atoms with E-state index in [1.165, 1.54) is 0 Å². The number of nitrogens with zero attached hydrogens (tertiary/aromatic N) is 3. The molecule has 0 aliphatic carbocycles. The molecule has 3 heteroatoms. The van der Waals surface area contributed by atoms with Crippen molar-refractivity contribution in [2.24, 2.45) is 0 Å². The maximum atomic E-state index is 10.2. The molecule has 3 nitrogen and oxygen atoms in total. The third-order valence-electron chi connectivity index (χ3n) is 13.7. The second-order valence-electron chi connectivity index (χ2n) is 17.5. The Balaban J connectivity index is 1.02. The minimum absolute atomic E-state index is 0.0958. The van der Waals surface area contributed by atoms with E-state index in [9.17, 15) is 6.85 Å². The molecule has 0 atom stereocenters. The molecule has 0 N–H and O–H groups in total. The van der Waals surface area contributed by atoms with E-state index in [2.05, 4.69) is 118 Å². The topological polar surface area (TPSA) is 14.8 Å². The maximum absolute atomic E-state index is 10.2. The molecule has 0 saturated carbocycles. The van der Waals surface area contributed by atoms with Crippen LogP contribution in [-0.4, -0.2) is 13.7 Å². The molecular weight excluding hydrogens is 835 g/mol. The molecule has 14 rings (SSSR count). The summed E-state index contributed by atoms with van der Waals surface area (Å²) < 4.78 is 73.1. The van der Waals surface area contributed by atoms with Crippen LogP contribution in [0.5, 0.6) is 0 Å². The lowest BCUT2D eigenvalue weighted by molar-refractivity contribution is 1.17. The fraction of sp³-hybridized carbons (Fsp3) is 0. The predicted molar refractivity (Wildman–Crippen MR) is 291 cm³/mol. The molecule has 0 spiro atoms. The van der Waals surface area contributed by atoms with Gasteiger partial charge in [-0.15, -0.1) is 0 Å². The largest absolute Gasteiger partial charge is 0.309 e. The smallest absolute Gasteiger partial charge is 0.0645 e. The Morgan fingerprint density at radius 1 is 0.275 bits per heavy atom. The van der Waals surface area contributed by atoms with Crippen LogP contribution in [0.2, 0.25) is 0 Å². The summed E-state index contributed by atoms with van der Waals surface area (Å²) in [5.74, 6) is 0. The van der Waals surface area contributed by atoms with Crippen molar-refractivity contribution in [1.29, 1.82) is 0 Å². The summed E-state index contributed by atoms with van der Waals surface area (Å²) in [6, 6.07) is 72.1. The van der Waals surface area contributed by atoms with Crippen LogP contribution in [0, 0.1) is 0 Å². The quantitative estimate of drug-likeness (QED) is 0.151. The summed E-state index contributed by atoms with van der Waals surface area (Å²) in [5.41, 5.74) is 13.7. The lowest BCUT2D eigenvalue weighted by Gasteiger charge is -2.14. The lowest BCUT2D eigenvalue weighted by atomic mass is 9.97. The zero-order valence-corrected chi connectivity index (χ0v) is 37.1. The van der Waals surface area contributed by atoms with Crippen LogP contribution in [0.15, 0.2) is 261 Å². The molecule has 0 radical (unpaired) electrons. The Hall–Kier alpha value is -9.18. The number of hydrogen-bond donors (Lipinski definition) is 0. The summed E-state index contributed by atoms with van der Waals surface area (Å²) in [7, 11) is 0. The number of para-hydroxylation sites is 3. The standard InChI is InChI=1S/C66H43N3/c1-4-18-44(19-5-1)47-24-16-25-50(40-47)67-61-32-15-12-28-55(61)57-43-51(36-39-63(57)67)68-60-31-14-11-27-54(60)56-41-48(34-37-62(56)68)49-35-38-64-58(42-49)66-53(46-22-8-3-9-23-46)29-17-33-65(66)69(64)59-30-13-10-26-52(59)45-20-6-2-7-21-45/h1-43H/i11D,14D,27D,31D,34D,37D,41D. The van der Waals surface area contributed by atoms with Gasteiger partial charge in [0, 0.05) is 49.3 Å². The summed E-state index contributed by atoms with van der Waals surface area (Å²) in [4.78, 5) is 0. The van der Waals surface area contributed by atoms with Gasteiger partial charge in [0.15, 0.2) is 0 Å². The third-order valence-corrected chi connectivity index (χ3v) is 13.7. The van der Waals surface area contributed by atoms with Gasteiger partial charge in [0.2, 0.25) is 0 Å². The fourth-order valence-corrected chi connectivity index (χ4v) is 10.6. The van der Waals surface area contributed by atoms with Gasteiger partial charge < -0.3 is 13.7 Å². The number of aromatic nitrogens is 3. The Kier molecular flexibility index (Phi) is 7.40. The molecule has 0 unspecified atom stereocenters. The molecule has 3 heterocycles. The molecule has 11 aromatic carbocycles. The Morgan fingerprint density at radius 3 is 1.70 bits per heavy atom. The van der Waals surface area contributed by atoms with Crippen LogP contribution >= 0.6 is 0 Å². The molecule has 322 valence electrons. The molecule has 69 heavy (non-hydrogen) atoms. The minimum Gasteiger partial charge on any atom is -0.309 e. The molecular formula is C66H43N3. The highest BCUT2D eigenvalue weighted by Gasteiger charge is 2.21. The Morgan fingerprint density at radius 2 is 0.855 bits per heavy atom. The van der Waals surface area contributed by atoms with Gasteiger partial charge in [-0.2, -0.15) is 0 Å². The first-order valence-corrected chi connectivity index (χ1v) is 23.2. The van der Waals surface area contributed by atoms with Gasteiger partial charge in [0.1, 0.15) is 0 Å². The number of rotatable bonds is 7. The second kappa shape index (κ2) is 15.7. The predicted octanol–water partition coefficient (Wildman–Crippen LogP) is 17.6. The van der Waals surface area contributed by atoms with E-state index in [-0.39, 0.29) is 57.6 Å². The molecule has 0 aliphatic heterocycles. The zero-order valence-electron chi connectivity index (χ0n) is 44.1. The Bertz CT molecular complexity index is 4710. The normalized spacial score (nSPS) is 13.2. The highest BCUT2D eigenvalue weighted by Crippen LogP contribution is 2.44. The monoisotopic (exact) mass is 884 g/mol. The zero-order chi connectivity index (χ0) is 51.5. The highest BCUT2D eigenvalue weighted by atomic mass is 15.0. The molecule has 0 amide bonds. The first kappa shape index (κ1) is 32.5. The van der Waals surface area contributed by atoms with Crippen molar-refractivity contribution in [2.45, 2.75) is 0 Å². The summed E-state index contributed by atoms with van der Waals surface area (Å²) in [5, 5.41) is 4.06. The van der Waals surface area contributed by atoms with Crippen LogP contribution < -0.4 is 0 Å². The number of benzene rings is 11. The summed E-state index contributed by atoms with van der Waals surface area (Å²) >= 11 is 0. The van der Waals surface area contributed by atoms with E-state index in [0.717, 1.165) is 88.4 Å². The van der Waals surface area contributed by atoms with Crippen LogP contribution in [0.3, 0.4) is 0 Å². The van der Waals surface area contributed by atoms with Gasteiger partial charge >= 0.3 is 0 Å². The van der Waals surface area contributed by atoms with Crippen LogP contribution in [0.1, 0.15) is 9.60 Å². The van der Waals surface area contributed by atoms with Crippen molar-refractivity contribution < 1.29 is 9.60 Å². The molecule has 14 aromatic rings. The minimum atomic E-state index is -0.436. The first-order valence-electron chi connectivity index (χ1n) is 26.7. The van der Waals surface area contributed by atoms with Gasteiger partial charge in [-0.25, -0.2) is 0 Å². The highest BCUT2D eigenvalue weighted by molar-refractivity contribution is 6.18. The average Bonchev–Trinajstić information content (AvgIpc) is 4.18. The maximum Gasteiger partial charge on any atom is 0.0645 e. The number of hydrogen-bond acceptors (Lipinski definition) is 0. The Labute approximate surface area is 409 Å². The van der Waals surface area contributed by atoms with Crippen molar-refractivity contribution in [3.8, 4) is 61.6 Å². The molecule has 0 saturated heterocycles. The van der Waals surface area contributed by atoms with E-state index in [0.29, 0.717) is 11.3 Å². The fourth-order valence-electron chi connectivity index (χ4n) is 10.6. The van der Waals surface area contributed by atoms with Crippen molar-refractivity contribution >= 4 is 65.4 Å². The van der Waals surface area contributed by atoms with E-state index in [4.69, 9.17) is 2.74 Å². The summed E-state index contributed by atoms with van der Waals surface area (Å²) in [6.45, 7) is 0. The second-order valence-corrected chi connectivity index (χ2v) is 17.5. The van der Waals surface area contributed by atoms with Crippen LogP contribution in [0.25, 0.3) is 127 Å². The molecule has 0 fully saturated rings. The van der Waals surface area contributed by atoms with Crippen molar-refractivity contribution in [2.75, 3.05) is 0 Å². The van der Waals surface area contributed by atoms with Crippen molar-refractivity contribution in [3.05, 3.63) is 261 Å². The third kappa shape index (κ3) is 6.21. The van der Waals surface area contributed by atoms with E-state index >= 15 is 0 Å². The number of fused-ring (bicyclic) bond motifs is 9. The van der Waals surface area contributed by atoms with Crippen molar-refractivity contribution in [3.63, 3.8) is 0 Å². The van der Waals surface area contributed by atoms with E-state index < -0.39 is 12.1 Å². The van der Waals surface area contributed by atoms with Crippen molar-refractivity contribution in [1.82, 2.24) is 13.7 Å². The average molecular weight is 885 g/mol. The summed E-state index contributed by atoms with van der Waals surface area (Å²) in [6.07, 6.45) is 0.